The summed E-state index contributed by atoms with van der Waals surface area (Å²) >= 11 is 0. The molecule has 3 N–H and O–H groups in total. The molecule has 0 amide bonds. The number of hydrogen-bond acceptors (Lipinski definition) is 7. The molecule has 7 nitrogen and oxygen atoms in total. The summed E-state index contributed by atoms with van der Waals surface area (Å²) < 4.78 is 0. The summed E-state index contributed by atoms with van der Waals surface area (Å²) in [6.45, 7) is 6.57. The lowest BCUT2D eigenvalue weighted by Gasteiger charge is -2.41. The van der Waals surface area contributed by atoms with Crippen LogP contribution in [-0.4, -0.2) is 42.1 Å². The summed E-state index contributed by atoms with van der Waals surface area (Å²) in [4.78, 5) is 17.3. The van der Waals surface area contributed by atoms with Gasteiger partial charge >= 0.3 is 0 Å². The second kappa shape index (κ2) is 6.43. The van der Waals surface area contributed by atoms with Crippen LogP contribution in [0.25, 0.3) is 0 Å². The topological polar surface area (TPSA) is 83.2 Å². The molecule has 1 aromatic heterocycles. The highest BCUT2D eigenvalue weighted by Crippen LogP contribution is 2.38. The molecule has 21 heavy (non-hydrogen) atoms. The Hall–Kier alpha value is -1.63. The van der Waals surface area contributed by atoms with Crippen molar-refractivity contribution in [1.82, 2.24) is 15.0 Å². The number of hydrogen-bond donors (Lipinski definition) is 2. The number of rotatable bonds is 5. The molecule has 1 aromatic rings. The second-order valence-corrected chi connectivity index (χ2v) is 5.99. The van der Waals surface area contributed by atoms with Crippen molar-refractivity contribution in [2.45, 2.75) is 39.5 Å². The van der Waals surface area contributed by atoms with Gasteiger partial charge in [-0.15, -0.1) is 0 Å². The van der Waals surface area contributed by atoms with E-state index in [0.29, 0.717) is 23.3 Å². The van der Waals surface area contributed by atoms with Gasteiger partial charge in [-0.1, -0.05) is 26.7 Å². The monoisotopic (exact) mass is 293 g/mol. The zero-order chi connectivity index (χ0) is 15.5. The largest absolute Gasteiger partial charge is 0.347 e. The second-order valence-electron chi connectivity index (χ2n) is 5.99. The first-order valence-corrected chi connectivity index (χ1v) is 7.68. The molecule has 118 valence electrons. The van der Waals surface area contributed by atoms with Crippen LogP contribution in [0.3, 0.4) is 0 Å². The van der Waals surface area contributed by atoms with Crippen molar-refractivity contribution >= 4 is 17.8 Å². The van der Waals surface area contributed by atoms with Crippen LogP contribution in [0.1, 0.15) is 39.5 Å². The first-order chi connectivity index (χ1) is 10.0. The highest BCUT2D eigenvalue weighted by molar-refractivity contribution is 5.44. The van der Waals surface area contributed by atoms with E-state index in [2.05, 4.69) is 39.1 Å². The van der Waals surface area contributed by atoms with Crippen molar-refractivity contribution in [3.63, 3.8) is 0 Å². The summed E-state index contributed by atoms with van der Waals surface area (Å²) in [5.41, 5.74) is 3.01. The van der Waals surface area contributed by atoms with Gasteiger partial charge in [0.2, 0.25) is 17.8 Å². The van der Waals surface area contributed by atoms with Gasteiger partial charge in [-0.25, -0.2) is 5.84 Å². The quantitative estimate of drug-likeness (QED) is 0.630. The van der Waals surface area contributed by atoms with Crippen molar-refractivity contribution in [2.75, 3.05) is 42.4 Å². The summed E-state index contributed by atoms with van der Waals surface area (Å²) in [5, 5.41) is 0. The number of anilines is 3. The highest BCUT2D eigenvalue weighted by atomic mass is 15.4. The number of piperidine rings is 1. The van der Waals surface area contributed by atoms with Crippen LogP contribution in [0.4, 0.5) is 17.8 Å². The van der Waals surface area contributed by atoms with E-state index in [1.165, 1.54) is 25.7 Å². The molecule has 2 rings (SSSR count). The predicted molar refractivity (Wildman–Crippen MR) is 86.4 cm³/mol. The van der Waals surface area contributed by atoms with Crippen LogP contribution in [0.2, 0.25) is 0 Å². The first kappa shape index (κ1) is 15.8. The number of nitrogens with two attached hydrogens (primary N) is 1. The predicted octanol–water partition coefficient (Wildman–Crippen LogP) is 1.63. The van der Waals surface area contributed by atoms with Gasteiger partial charge in [-0.2, -0.15) is 15.0 Å². The van der Waals surface area contributed by atoms with Crippen LogP contribution < -0.4 is 21.1 Å². The van der Waals surface area contributed by atoms with Crippen molar-refractivity contribution < 1.29 is 0 Å². The lowest BCUT2D eigenvalue weighted by Crippen LogP contribution is -2.40. The molecule has 0 atom stereocenters. The fourth-order valence-electron chi connectivity index (χ4n) is 2.90. The van der Waals surface area contributed by atoms with E-state index in [0.717, 1.165) is 13.1 Å². The molecule has 0 unspecified atom stereocenters. The molecule has 1 fully saturated rings. The van der Waals surface area contributed by atoms with E-state index in [4.69, 9.17) is 5.84 Å². The van der Waals surface area contributed by atoms with Gasteiger partial charge in [-0.3, -0.25) is 5.43 Å². The Morgan fingerprint density at radius 2 is 1.76 bits per heavy atom. The summed E-state index contributed by atoms with van der Waals surface area (Å²) in [6.07, 6.45) is 4.86. The highest BCUT2D eigenvalue weighted by Gasteiger charge is 2.32. The van der Waals surface area contributed by atoms with Gasteiger partial charge in [0.1, 0.15) is 0 Å². The summed E-state index contributed by atoms with van der Waals surface area (Å²) in [7, 11) is 3.82. The van der Waals surface area contributed by atoms with Gasteiger partial charge in [0, 0.05) is 27.2 Å². The molecule has 0 aromatic carbocycles. The molecule has 0 spiro atoms. The lowest BCUT2D eigenvalue weighted by atomic mass is 9.74. The number of nitrogens with one attached hydrogen (secondary N) is 1. The first-order valence-electron chi connectivity index (χ1n) is 7.68. The van der Waals surface area contributed by atoms with E-state index in [1.54, 1.807) is 0 Å². The molecular formula is C14H27N7. The molecule has 0 radical (unpaired) electrons. The smallest absolute Gasteiger partial charge is 0.243 e. The zero-order valence-electron chi connectivity index (χ0n) is 13.6. The standard InChI is InChI=1S/C14H27N7/c1-5-14(6-2)7-9-21(10-8-14)13-17-11(19-15)16-12(18-13)20(3)4/h5-10,15H2,1-4H3,(H,16,17,18,19). The molecule has 1 aliphatic heterocycles. The van der Waals surface area contributed by atoms with E-state index in [9.17, 15) is 0 Å². The van der Waals surface area contributed by atoms with Crippen LogP contribution in [0.15, 0.2) is 0 Å². The van der Waals surface area contributed by atoms with Gasteiger partial charge in [0.05, 0.1) is 0 Å². The SMILES string of the molecule is CCC1(CC)CCN(c2nc(NN)nc(N(C)C)n2)CC1. The third-order valence-corrected chi connectivity index (χ3v) is 4.75. The lowest BCUT2D eigenvalue weighted by molar-refractivity contribution is 0.199. The minimum atomic E-state index is 0.409. The molecule has 0 saturated carbocycles. The molecule has 1 aliphatic rings. The normalized spacial score (nSPS) is 17.7. The van der Waals surface area contributed by atoms with E-state index in [1.807, 2.05) is 19.0 Å². The number of hydrazine groups is 1. The van der Waals surface area contributed by atoms with Gasteiger partial charge < -0.3 is 9.80 Å². The molecular weight excluding hydrogens is 266 g/mol. The average molecular weight is 293 g/mol. The van der Waals surface area contributed by atoms with Crippen molar-refractivity contribution in [1.29, 1.82) is 0 Å². The van der Waals surface area contributed by atoms with Crippen LogP contribution in [0, 0.1) is 5.41 Å². The number of aromatic nitrogens is 3. The summed E-state index contributed by atoms with van der Waals surface area (Å²) in [6, 6.07) is 0. The third kappa shape index (κ3) is 3.34. The summed E-state index contributed by atoms with van der Waals surface area (Å²) in [5.74, 6) is 7.20. The number of nitrogen functional groups attached to an aromatic ring is 1. The van der Waals surface area contributed by atoms with Crippen LogP contribution in [-0.2, 0) is 0 Å². The molecule has 0 bridgehead atoms. The van der Waals surface area contributed by atoms with E-state index >= 15 is 0 Å². The van der Waals surface area contributed by atoms with Crippen LogP contribution >= 0.6 is 0 Å². The Morgan fingerprint density at radius 1 is 1.14 bits per heavy atom. The van der Waals surface area contributed by atoms with Crippen LogP contribution in [0.5, 0.6) is 0 Å². The van der Waals surface area contributed by atoms with E-state index in [-0.39, 0.29) is 0 Å². The van der Waals surface area contributed by atoms with Crippen molar-refractivity contribution in [3.05, 3.63) is 0 Å². The Labute approximate surface area is 126 Å². The maximum Gasteiger partial charge on any atom is 0.243 e. The minimum absolute atomic E-state index is 0.409. The number of nitrogens with zero attached hydrogens (tertiary/aromatic N) is 5. The van der Waals surface area contributed by atoms with E-state index < -0.39 is 0 Å². The van der Waals surface area contributed by atoms with Gasteiger partial charge in [0.25, 0.3) is 0 Å². The molecule has 2 heterocycles. The Kier molecular flexibility index (Phi) is 4.82. The maximum absolute atomic E-state index is 5.46. The Morgan fingerprint density at radius 3 is 2.24 bits per heavy atom. The fraction of sp³-hybridized carbons (Fsp3) is 0.786. The zero-order valence-corrected chi connectivity index (χ0v) is 13.6. The molecule has 0 aliphatic carbocycles. The fourth-order valence-corrected chi connectivity index (χ4v) is 2.90. The van der Waals surface area contributed by atoms with Crippen molar-refractivity contribution in [2.24, 2.45) is 11.3 Å². The molecule has 7 heteroatoms. The van der Waals surface area contributed by atoms with Crippen molar-refractivity contribution in [3.8, 4) is 0 Å². The third-order valence-electron chi connectivity index (χ3n) is 4.75. The van der Waals surface area contributed by atoms with Gasteiger partial charge in [0.15, 0.2) is 0 Å². The molecule has 1 saturated heterocycles. The van der Waals surface area contributed by atoms with Gasteiger partial charge in [-0.05, 0) is 18.3 Å². The minimum Gasteiger partial charge on any atom is -0.347 e. The maximum atomic E-state index is 5.46. The Bertz CT molecular complexity index is 460. The average Bonchev–Trinajstić information content (AvgIpc) is 2.54. The Balaban J connectivity index is 2.18.